The lowest BCUT2D eigenvalue weighted by Crippen LogP contribution is -2.30. The van der Waals surface area contributed by atoms with Gasteiger partial charge in [0.05, 0.1) is 0 Å². The molecule has 6 rings (SSSR count). The summed E-state index contributed by atoms with van der Waals surface area (Å²) in [5, 5.41) is 10.8. The Balaban J connectivity index is 1.22. The van der Waals surface area contributed by atoms with Crippen LogP contribution in [0.2, 0.25) is 10.0 Å². The van der Waals surface area contributed by atoms with Gasteiger partial charge in [-0.2, -0.15) is 0 Å². The Morgan fingerprint density at radius 1 is 0.633 bits per heavy atom. The van der Waals surface area contributed by atoms with E-state index in [1.165, 1.54) is 11.8 Å². The first-order valence-electron chi connectivity index (χ1n) is 15.3. The van der Waals surface area contributed by atoms with Gasteiger partial charge in [0.15, 0.2) is 0 Å². The molecule has 0 radical (unpaired) electrons. The lowest BCUT2D eigenvalue weighted by Gasteiger charge is -2.18. The quantitative estimate of drug-likeness (QED) is 0.0980. The van der Waals surface area contributed by atoms with E-state index in [1.807, 2.05) is 91.0 Å². The van der Waals surface area contributed by atoms with Crippen LogP contribution in [0.5, 0.6) is 0 Å². The molecule has 1 unspecified atom stereocenters. The third-order valence-corrected chi connectivity index (χ3v) is 9.19. The van der Waals surface area contributed by atoms with Crippen molar-refractivity contribution in [3.05, 3.63) is 178 Å². The number of amides is 3. The molecule has 9 heteroatoms. The summed E-state index contributed by atoms with van der Waals surface area (Å²) in [5.74, 6) is -1.14. The van der Waals surface area contributed by atoms with E-state index in [1.54, 1.807) is 60.7 Å². The van der Waals surface area contributed by atoms with Crippen LogP contribution >= 0.6 is 35.0 Å². The van der Waals surface area contributed by atoms with Crippen LogP contribution in [0, 0.1) is 0 Å². The van der Waals surface area contributed by atoms with Crippen molar-refractivity contribution in [3.63, 3.8) is 0 Å². The topological polar surface area (TPSA) is 87.3 Å². The number of hydrogen-bond donors (Lipinski definition) is 3. The van der Waals surface area contributed by atoms with Gasteiger partial charge >= 0.3 is 0 Å². The van der Waals surface area contributed by atoms with Gasteiger partial charge in [0.25, 0.3) is 11.8 Å². The van der Waals surface area contributed by atoms with E-state index in [-0.39, 0.29) is 11.6 Å². The summed E-state index contributed by atoms with van der Waals surface area (Å²) in [4.78, 5) is 41.2. The maximum Gasteiger partial charge on any atom is 0.272 e. The van der Waals surface area contributed by atoms with E-state index in [0.717, 1.165) is 26.8 Å². The number of rotatable bonds is 10. The van der Waals surface area contributed by atoms with Crippen LogP contribution in [0.1, 0.15) is 26.7 Å². The lowest BCUT2D eigenvalue weighted by atomic mass is 10.0. The summed E-state index contributed by atoms with van der Waals surface area (Å²) in [6.45, 7) is 0. The van der Waals surface area contributed by atoms with Gasteiger partial charge in [-0.25, -0.2) is 0 Å². The minimum absolute atomic E-state index is 0.0885. The Morgan fingerprint density at radius 3 is 1.98 bits per heavy atom. The predicted octanol–water partition coefficient (Wildman–Crippen LogP) is 10.0. The van der Waals surface area contributed by atoms with Crippen molar-refractivity contribution in [1.29, 1.82) is 0 Å². The van der Waals surface area contributed by atoms with Crippen molar-refractivity contribution in [3.8, 4) is 0 Å². The number of halogens is 2. The standard InChI is InChI=1S/C40H29Cl2N3O3S/c41-30-23-31(42)25-33(24-30)44-40(48)37(27-11-3-1-4-12-27)49-34-20-18-32(19-21-34)43-39(47)36(45-38(46)28-13-5-2-6-14-28)22-29-16-9-15-26-10-7-8-17-35(26)29/h1-25,37H,(H,43,47)(H,44,48)(H,45,46)/b36-22-. The average molecular weight is 703 g/mol. The molecule has 0 bridgehead atoms. The SMILES string of the molecule is O=C(Nc1ccc(SC(C(=O)Nc2cc(Cl)cc(Cl)c2)c2ccccc2)cc1)/C(=C/c1cccc2ccccc12)NC(=O)c1ccccc1. The summed E-state index contributed by atoms with van der Waals surface area (Å²) >= 11 is 13.7. The molecular formula is C40H29Cl2N3O3S. The molecule has 0 aromatic heterocycles. The maximum atomic E-state index is 13.7. The van der Waals surface area contributed by atoms with E-state index in [9.17, 15) is 14.4 Å². The number of anilines is 2. The molecule has 0 fully saturated rings. The van der Waals surface area contributed by atoms with E-state index >= 15 is 0 Å². The number of carbonyl (C=O) groups excluding carboxylic acids is 3. The van der Waals surface area contributed by atoms with Crippen molar-refractivity contribution >= 4 is 80.9 Å². The lowest BCUT2D eigenvalue weighted by molar-refractivity contribution is -0.116. The highest BCUT2D eigenvalue weighted by Crippen LogP contribution is 2.37. The Bertz CT molecular complexity index is 2130. The fourth-order valence-electron chi connectivity index (χ4n) is 5.16. The number of carbonyl (C=O) groups is 3. The van der Waals surface area contributed by atoms with E-state index < -0.39 is 17.1 Å². The number of hydrogen-bond acceptors (Lipinski definition) is 4. The van der Waals surface area contributed by atoms with E-state index in [4.69, 9.17) is 23.2 Å². The third-order valence-electron chi connectivity index (χ3n) is 7.49. The largest absolute Gasteiger partial charge is 0.325 e. The van der Waals surface area contributed by atoms with E-state index in [0.29, 0.717) is 27.0 Å². The first kappa shape index (κ1) is 33.6. The van der Waals surface area contributed by atoms with Crippen molar-refractivity contribution in [2.24, 2.45) is 0 Å². The minimum Gasteiger partial charge on any atom is -0.325 e. The Hall–Kier alpha value is -5.34. The third kappa shape index (κ3) is 8.77. The average Bonchev–Trinajstić information content (AvgIpc) is 3.11. The molecule has 0 aliphatic heterocycles. The molecule has 0 spiro atoms. The van der Waals surface area contributed by atoms with Crippen LogP contribution in [-0.4, -0.2) is 17.7 Å². The zero-order valence-electron chi connectivity index (χ0n) is 25.9. The summed E-state index contributed by atoms with van der Waals surface area (Å²) in [6.07, 6.45) is 1.68. The van der Waals surface area contributed by atoms with Crippen LogP contribution in [0.3, 0.4) is 0 Å². The van der Waals surface area contributed by atoms with Crippen LogP contribution < -0.4 is 16.0 Å². The molecule has 49 heavy (non-hydrogen) atoms. The zero-order valence-corrected chi connectivity index (χ0v) is 28.2. The summed E-state index contributed by atoms with van der Waals surface area (Å²) in [5.41, 5.74) is 3.12. The van der Waals surface area contributed by atoms with Crippen LogP contribution in [0.15, 0.2) is 156 Å². The van der Waals surface area contributed by atoms with Crippen LogP contribution in [-0.2, 0) is 9.59 Å². The first-order chi connectivity index (χ1) is 23.8. The van der Waals surface area contributed by atoms with Gasteiger partial charge in [0.1, 0.15) is 10.9 Å². The molecule has 1 atom stereocenters. The normalized spacial score (nSPS) is 11.8. The summed E-state index contributed by atoms with van der Waals surface area (Å²) < 4.78 is 0. The van der Waals surface area contributed by atoms with Crippen molar-refractivity contribution in [2.75, 3.05) is 10.6 Å². The fraction of sp³-hybridized carbons (Fsp3) is 0.0250. The zero-order chi connectivity index (χ0) is 34.2. The molecule has 3 amide bonds. The minimum atomic E-state index is -0.595. The highest BCUT2D eigenvalue weighted by Gasteiger charge is 2.23. The highest BCUT2D eigenvalue weighted by molar-refractivity contribution is 8.00. The fourth-order valence-corrected chi connectivity index (χ4v) is 6.71. The molecule has 0 aliphatic rings. The van der Waals surface area contributed by atoms with Gasteiger partial charge in [-0.15, -0.1) is 11.8 Å². The van der Waals surface area contributed by atoms with Crippen LogP contribution in [0.4, 0.5) is 11.4 Å². The van der Waals surface area contributed by atoms with Gasteiger partial charge < -0.3 is 16.0 Å². The number of nitrogens with one attached hydrogen (secondary N) is 3. The second kappa shape index (κ2) is 15.7. The number of thioether (sulfide) groups is 1. The molecule has 6 aromatic carbocycles. The Morgan fingerprint density at radius 2 is 1.27 bits per heavy atom. The molecule has 6 nitrogen and oxygen atoms in total. The molecule has 0 saturated carbocycles. The molecule has 0 aliphatic carbocycles. The Kier molecular flexibility index (Phi) is 10.8. The molecular weight excluding hydrogens is 673 g/mol. The van der Waals surface area contributed by atoms with Gasteiger partial charge in [0.2, 0.25) is 5.91 Å². The second-order valence-electron chi connectivity index (χ2n) is 11.0. The van der Waals surface area contributed by atoms with E-state index in [2.05, 4.69) is 16.0 Å². The Labute approximate surface area is 298 Å². The summed E-state index contributed by atoms with van der Waals surface area (Å²) in [7, 11) is 0. The molecule has 6 aromatic rings. The number of fused-ring (bicyclic) bond motifs is 1. The first-order valence-corrected chi connectivity index (χ1v) is 16.9. The van der Waals surface area contributed by atoms with Gasteiger partial charge in [-0.1, -0.05) is 114 Å². The van der Waals surface area contributed by atoms with Crippen molar-refractivity contribution in [2.45, 2.75) is 10.1 Å². The number of benzene rings is 6. The summed E-state index contributed by atoms with van der Waals surface area (Å²) in [6, 6.07) is 43.9. The molecule has 0 heterocycles. The predicted molar refractivity (Wildman–Crippen MR) is 201 cm³/mol. The molecule has 242 valence electrons. The monoisotopic (exact) mass is 701 g/mol. The van der Waals surface area contributed by atoms with Gasteiger partial charge in [0, 0.05) is 31.9 Å². The molecule has 0 saturated heterocycles. The van der Waals surface area contributed by atoms with Gasteiger partial charge in [-0.05, 0) is 82.6 Å². The van der Waals surface area contributed by atoms with Crippen molar-refractivity contribution < 1.29 is 14.4 Å². The van der Waals surface area contributed by atoms with Crippen LogP contribution in [0.25, 0.3) is 16.8 Å². The smallest absolute Gasteiger partial charge is 0.272 e. The highest BCUT2D eigenvalue weighted by atomic mass is 35.5. The molecule has 3 N–H and O–H groups in total. The second-order valence-corrected chi connectivity index (χ2v) is 13.0. The van der Waals surface area contributed by atoms with Crippen molar-refractivity contribution in [1.82, 2.24) is 5.32 Å². The maximum absolute atomic E-state index is 13.7. The van der Waals surface area contributed by atoms with Gasteiger partial charge in [-0.3, -0.25) is 14.4 Å².